The first-order valence-electron chi connectivity index (χ1n) is 18.4. The maximum absolute atomic E-state index is 11.6. The standard InChI is InChI=1S/C45H60O4Si2/c1-9-23-38(48-50(44(3,4)5,40-25-15-11-16-26-40)41-27-17-12-18-28-41)34-36(46)33-37(47)35-39(24-10-2)49-51(45(6,7)8,42-29-19-13-20-30-42)43-31-21-14-22-32-43/h9-22,25-32,36-39,46-47H,1-2,23-24,33-35H2,3-8H3/t36-,37-,38-,39-/m0/s1. The van der Waals surface area contributed by atoms with Gasteiger partial charge in [-0.05, 0) is 62.9 Å². The predicted octanol–water partition coefficient (Wildman–Crippen LogP) is 7.92. The molecule has 0 saturated carbocycles. The minimum Gasteiger partial charge on any atom is -0.404 e. The van der Waals surface area contributed by atoms with Crippen LogP contribution in [0.15, 0.2) is 147 Å². The second kappa shape index (κ2) is 17.9. The Kier molecular flexibility index (Phi) is 14.2. The molecule has 4 atom stereocenters. The van der Waals surface area contributed by atoms with Crippen LogP contribution in [0.1, 0.15) is 73.6 Å². The summed E-state index contributed by atoms with van der Waals surface area (Å²) >= 11 is 0. The number of benzene rings is 4. The van der Waals surface area contributed by atoms with Gasteiger partial charge in [0.05, 0.1) is 24.4 Å². The van der Waals surface area contributed by atoms with Crippen molar-refractivity contribution in [2.45, 2.75) is 108 Å². The minimum atomic E-state index is -2.85. The predicted molar refractivity (Wildman–Crippen MR) is 220 cm³/mol. The molecular formula is C45H60O4Si2. The van der Waals surface area contributed by atoms with Gasteiger partial charge in [0.2, 0.25) is 0 Å². The van der Waals surface area contributed by atoms with Gasteiger partial charge in [0.25, 0.3) is 16.6 Å². The third-order valence-electron chi connectivity index (χ3n) is 9.99. The molecule has 0 amide bonds. The molecule has 6 heteroatoms. The Morgan fingerprint density at radius 3 is 0.961 bits per heavy atom. The summed E-state index contributed by atoms with van der Waals surface area (Å²) in [6.07, 6.45) is 3.80. The third kappa shape index (κ3) is 9.55. The van der Waals surface area contributed by atoms with E-state index < -0.39 is 28.8 Å². The van der Waals surface area contributed by atoms with E-state index in [1.165, 1.54) is 20.7 Å². The summed E-state index contributed by atoms with van der Waals surface area (Å²) in [5, 5.41) is 27.6. The molecule has 272 valence electrons. The molecule has 4 nitrogen and oxygen atoms in total. The molecule has 0 unspecified atom stereocenters. The lowest BCUT2D eigenvalue weighted by Gasteiger charge is -2.45. The first-order chi connectivity index (χ1) is 24.3. The molecule has 4 aromatic carbocycles. The molecular weight excluding hydrogens is 661 g/mol. The molecule has 0 spiro atoms. The second-order valence-electron chi connectivity index (χ2n) is 15.9. The fraction of sp³-hybridized carbons (Fsp3) is 0.378. The lowest BCUT2D eigenvalue weighted by atomic mass is 9.99. The van der Waals surface area contributed by atoms with Crippen LogP contribution >= 0.6 is 0 Å². The summed E-state index contributed by atoms with van der Waals surface area (Å²) in [6.45, 7) is 21.7. The Morgan fingerprint density at radius 2 is 0.745 bits per heavy atom. The largest absolute Gasteiger partial charge is 0.404 e. The average molecular weight is 721 g/mol. The maximum atomic E-state index is 11.6. The van der Waals surface area contributed by atoms with Crippen LogP contribution in [-0.2, 0) is 8.85 Å². The summed E-state index contributed by atoms with van der Waals surface area (Å²) in [5.41, 5.74) is 0. The number of hydrogen-bond acceptors (Lipinski definition) is 4. The van der Waals surface area contributed by atoms with Crippen LogP contribution in [0.25, 0.3) is 0 Å². The van der Waals surface area contributed by atoms with Crippen molar-refractivity contribution in [2.24, 2.45) is 0 Å². The molecule has 0 aliphatic heterocycles. The fourth-order valence-electron chi connectivity index (χ4n) is 7.75. The van der Waals surface area contributed by atoms with Crippen LogP contribution in [0.3, 0.4) is 0 Å². The van der Waals surface area contributed by atoms with Crippen molar-refractivity contribution in [2.75, 3.05) is 0 Å². The molecule has 0 aromatic heterocycles. The van der Waals surface area contributed by atoms with Crippen molar-refractivity contribution in [3.8, 4) is 0 Å². The van der Waals surface area contributed by atoms with Gasteiger partial charge < -0.3 is 19.1 Å². The van der Waals surface area contributed by atoms with E-state index in [-0.39, 0.29) is 28.7 Å². The Hall–Kier alpha value is -3.37. The maximum Gasteiger partial charge on any atom is 0.261 e. The van der Waals surface area contributed by atoms with Gasteiger partial charge >= 0.3 is 0 Å². The molecule has 0 heterocycles. The van der Waals surface area contributed by atoms with Gasteiger partial charge in [-0.3, -0.25) is 0 Å². The SMILES string of the molecule is C=CC[C@@H](C[C@@H](O)C[C@H](O)C[C@H](CC=C)O[Si](c1ccccc1)(c1ccccc1)C(C)(C)C)O[Si](c1ccccc1)(c1ccccc1)C(C)(C)C. The molecule has 4 aromatic rings. The number of rotatable bonds is 18. The molecule has 51 heavy (non-hydrogen) atoms. The van der Waals surface area contributed by atoms with Crippen molar-refractivity contribution in [1.82, 2.24) is 0 Å². The first kappa shape index (κ1) is 40.4. The van der Waals surface area contributed by atoms with Crippen molar-refractivity contribution in [3.05, 3.63) is 147 Å². The van der Waals surface area contributed by atoms with Crippen LogP contribution < -0.4 is 20.7 Å². The van der Waals surface area contributed by atoms with Crippen molar-refractivity contribution in [1.29, 1.82) is 0 Å². The van der Waals surface area contributed by atoms with Crippen LogP contribution in [0, 0.1) is 0 Å². The zero-order valence-electron chi connectivity index (χ0n) is 31.7. The lowest BCUT2D eigenvalue weighted by Crippen LogP contribution is -2.68. The van der Waals surface area contributed by atoms with Gasteiger partial charge in [-0.25, -0.2) is 0 Å². The molecule has 0 bridgehead atoms. The van der Waals surface area contributed by atoms with E-state index in [2.05, 4.69) is 152 Å². The summed E-state index contributed by atoms with van der Waals surface area (Å²) in [6, 6.07) is 42.3. The molecule has 0 aliphatic carbocycles. The second-order valence-corrected chi connectivity index (χ2v) is 24.4. The van der Waals surface area contributed by atoms with E-state index >= 15 is 0 Å². The highest BCUT2D eigenvalue weighted by Gasteiger charge is 2.52. The van der Waals surface area contributed by atoms with Crippen molar-refractivity contribution < 1.29 is 19.1 Å². The first-order valence-corrected chi connectivity index (χ1v) is 22.3. The normalized spacial score (nSPS) is 15.1. The van der Waals surface area contributed by atoms with E-state index in [9.17, 15) is 10.2 Å². The van der Waals surface area contributed by atoms with E-state index in [0.717, 1.165) is 0 Å². The molecule has 2 N–H and O–H groups in total. The Labute approximate surface area is 310 Å². The van der Waals surface area contributed by atoms with E-state index in [1.54, 1.807) is 0 Å². The van der Waals surface area contributed by atoms with Gasteiger partial charge in [-0.2, -0.15) is 0 Å². The topological polar surface area (TPSA) is 58.9 Å². The highest BCUT2D eigenvalue weighted by atomic mass is 28.4. The van der Waals surface area contributed by atoms with Gasteiger partial charge in [0, 0.05) is 0 Å². The Balaban J connectivity index is 1.59. The van der Waals surface area contributed by atoms with Gasteiger partial charge in [0.1, 0.15) is 0 Å². The van der Waals surface area contributed by atoms with Crippen LogP contribution in [0.2, 0.25) is 10.1 Å². The van der Waals surface area contributed by atoms with Crippen molar-refractivity contribution in [3.63, 3.8) is 0 Å². The Bertz CT molecular complexity index is 1410. The quantitative estimate of drug-likeness (QED) is 0.0811. The fourth-order valence-corrected chi connectivity index (χ4v) is 17.2. The monoisotopic (exact) mass is 720 g/mol. The number of aliphatic hydroxyl groups is 2. The van der Waals surface area contributed by atoms with Gasteiger partial charge in [0.15, 0.2) is 0 Å². The Morgan fingerprint density at radius 1 is 0.490 bits per heavy atom. The van der Waals surface area contributed by atoms with E-state index in [4.69, 9.17) is 8.85 Å². The van der Waals surface area contributed by atoms with Crippen LogP contribution in [0.4, 0.5) is 0 Å². The zero-order chi connectivity index (χ0) is 37.1. The summed E-state index contributed by atoms with van der Waals surface area (Å²) in [7, 11) is -5.70. The van der Waals surface area contributed by atoms with E-state index in [1.807, 2.05) is 36.4 Å². The highest BCUT2D eigenvalue weighted by Crippen LogP contribution is 2.40. The number of hydrogen-bond donors (Lipinski definition) is 2. The zero-order valence-corrected chi connectivity index (χ0v) is 33.7. The molecule has 0 saturated heterocycles. The average Bonchev–Trinajstić information content (AvgIpc) is 3.10. The highest BCUT2D eigenvalue weighted by molar-refractivity contribution is 7.00. The summed E-state index contributed by atoms with van der Waals surface area (Å²) in [5.74, 6) is 0. The van der Waals surface area contributed by atoms with Crippen molar-refractivity contribution >= 4 is 37.4 Å². The molecule has 0 fully saturated rings. The molecule has 4 rings (SSSR count). The van der Waals surface area contributed by atoms with Gasteiger partial charge in [-0.1, -0.05) is 175 Å². The smallest absolute Gasteiger partial charge is 0.261 e. The van der Waals surface area contributed by atoms with Gasteiger partial charge in [-0.15, -0.1) is 13.2 Å². The molecule has 0 aliphatic rings. The third-order valence-corrected chi connectivity index (χ3v) is 20.2. The van der Waals surface area contributed by atoms with Crippen LogP contribution in [-0.4, -0.2) is 51.3 Å². The number of aliphatic hydroxyl groups excluding tert-OH is 2. The molecule has 0 radical (unpaired) electrons. The summed E-state index contributed by atoms with van der Waals surface area (Å²) in [4.78, 5) is 0. The van der Waals surface area contributed by atoms with Crippen LogP contribution in [0.5, 0.6) is 0 Å². The van der Waals surface area contributed by atoms with E-state index in [0.29, 0.717) is 25.7 Å². The minimum absolute atomic E-state index is 0.199. The summed E-state index contributed by atoms with van der Waals surface area (Å²) < 4.78 is 14.8. The lowest BCUT2D eigenvalue weighted by molar-refractivity contribution is 0.0251.